The molecule has 0 N–H and O–H groups in total. The van der Waals surface area contributed by atoms with E-state index in [4.69, 9.17) is 0 Å². The third-order valence-electron chi connectivity index (χ3n) is 2.20. The minimum atomic E-state index is -0.267. The first kappa shape index (κ1) is 8.94. The van der Waals surface area contributed by atoms with Crippen LogP contribution in [-0.2, 0) is 14.3 Å². The fourth-order valence-corrected chi connectivity index (χ4v) is 1.59. The van der Waals surface area contributed by atoms with Crippen LogP contribution >= 0.6 is 0 Å². The van der Waals surface area contributed by atoms with Gasteiger partial charge in [-0.3, -0.25) is 4.79 Å². The van der Waals surface area contributed by atoms with Gasteiger partial charge in [-0.05, 0) is 12.8 Å². The summed E-state index contributed by atoms with van der Waals surface area (Å²) in [6, 6.07) is -0.199. The van der Waals surface area contributed by atoms with Crippen molar-refractivity contribution in [3.63, 3.8) is 0 Å². The van der Waals surface area contributed by atoms with Crippen LogP contribution in [0.3, 0.4) is 0 Å². The zero-order valence-electron chi connectivity index (χ0n) is 6.95. The number of esters is 1. The third-order valence-corrected chi connectivity index (χ3v) is 2.20. The smallest absolute Gasteiger partial charge is 0.310 e. The first-order valence-electron chi connectivity index (χ1n) is 3.94. The largest absolute Gasteiger partial charge is 0.469 e. The van der Waals surface area contributed by atoms with Gasteiger partial charge in [0, 0.05) is 0 Å². The first-order valence-corrected chi connectivity index (χ1v) is 3.94. The zero-order chi connectivity index (χ0) is 8.97. The molecule has 1 aliphatic carbocycles. The highest BCUT2D eigenvalue weighted by atomic mass is 16.5. The molecule has 0 radical (unpaired) electrons. The highest BCUT2D eigenvalue weighted by Crippen LogP contribution is 2.28. The zero-order valence-corrected chi connectivity index (χ0v) is 6.95. The van der Waals surface area contributed by atoms with Gasteiger partial charge in [-0.1, -0.05) is 6.42 Å². The molecule has 2 atom stereocenters. The van der Waals surface area contributed by atoms with Gasteiger partial charge in [0.15, 0.2) is 0 Å². The van der Waals surface area contributed by atoms with Gasteiger partial charge in [-0.2, -0.15) is 0 Å². The summed E-state index contributed by atoms with van der Waals surface area (Å²) in [7, 11) is 1.35. The number of hydrogen-bond acceptors (Lipinski definition) is 4. The van der Waals surface area contributed by atoms with E-state index in [2.05, 4.69) is 9.73 Å². The second-order valence-electron chi connectivity index (χ2n) is 2.85. The summed E-state index contributed by atoms with van der Waals surface area (Å²) >= 11 is 0. The van der Waals surface area contributed by atoms with E-state index in [9.17, 15) is 9.59 Å². The molecular weight excluding hydrogens is 158 g/mol. The van der Waals surface area contributed by atoms with E-state index in [0.29, 0.717) is 0 Å². The van der Waals surface area contributed by atoms with Crippen LogP contribution in [0.15, 0.2) is 4.99 Å². The van der Waals surface area contributed by atoms with Crippen LogP contribution in [0, 0.1) is 5.92 Å². The molecule has 1 rings (SSSR count). The van der Waals surface area contributed by atoms with E-state index >= 15 is 0 Å². The summed E-state index contributed by atoms with van der Waals surface area (Å²) in [5.74, 6) is -0.493. The Bertz CT molecular complexity index is 220. The van der Waals surface area contributed by atoms with Crippen molar-refractivity contribution in [3.8, 4) is 0 Å². The lowest BCUT2D eigenvalue weighted by atomic mass is 10.1. The van der Waals surface area contributed by atoms with Gasteiger partial charge in [0.2, 0.25) is 6.08 Å². The quantitative estimate of drug-likeness (QED) is 0.346. The van der Waals surface area contributed by atoms with Crippen LogP contribution in [0.4, 0.5) is 0 Å². The van der Waals surface area contributed by atoms with E-state index in [-0.39, 0.29) is 17.9 Å². The SMILES string of the molecule is COC(=O)[C@@H]1CCC[C@@H]1N=C=O. The van der Waals surface area contributed by atoms with Gasteiger partial charge in [-0.25, -0.2) is 9.79 Å². The highest BCUT2D eigenvalue weighted by Gasteiger charge is 2.33. The molecule has 12 heavy (non-hydrogen) atoms. The van der Waals surface area contributed by atoms with E-state index in [1.807, 2.05) is 0 Å². The lowest BCUT2D eigenvalue weighted by molar-refractivity contribution is -0.145. The Hall–Kier alpha value is -1.15. The maximum absolute atomic E-state index is 11.1. The molecule has 66 valence electrons. The fraction of sp³-hybridized carbons (Fsp3) is 0.750. The summed E-state index contributed by atoms with van der Waals surface area (Å²) in [6.45, 7) is 0. The van der Waals surface area contributed by atoms with Gasteiger partial charge in [0.25, 0.3) is 0 Å². The summed E-state index contributed by atoms with van der Waals surface area (Å²) in [6.07, 6.45) is 3.97. The number of carbonyl (C=O) groups excluding carboxylic acids is 2. The fourth-order valence-electron chi connectivity index (χ4n) is 1.59. The van der Waals surface area contributed by atoms with Crippen molar-refractivity contribution in [1.82, 2.24) is 0 Å². The second-order valence-corrected chi connectivity index (χ2v) is 2.85. The Morgan fingerprint density at radius 1 is 1.58 bits per heavy atom. The van der Waals surface area contributed by atoms with Crippen LogP contribution in [0.5, 0.6) is 0 Å². The number of isocyanates is 1. The first-order chi connectivity index (χ1) is 5.79. The predicted molar refractivity (Wildman–Crippen MR) is 41.3 cm³/mol. The molecule has 0 bridgehead atoms. The molecule has 0 saturated heterocycles. The average Bonchev–Trinajstić information content (AvgIpc) is 2.52. The molecule has 0 aromatic heterocycles. The Balaban J connectivity index is 2.63. The van der Waals surface area contributed by atoms with Gasteiger partial charge in [0.05, 0.1) is 19.1 Å². The molecule has 4 heteroatoms. The van der Waals surface area contributed by atoms with Crippen molar-refractivity contribution in [1.29, 1.82) is 0 Å². The van der Waals surface area contributed by atoms with Crippen molar-refractivity contribution in [2.45, 2.75) is 25.3 Å². The maximum atomic E-state index is 11.1. The molecule has 0 aromatic carbocycles. The summed E-state index contributed by atoms with van der Waals surface area (Å²) in [5.41, 5.74) is 0. The number of rotatable bonds is 2. The number of aliphatic imine (C=N–C) groups is 1. The minimum Gasteiger partial charge on any atom is -0.469 e. The Kier molecular flexibility index (Phi) is 3.00. The van der Waals surface area contributed by atoms with Gasteiger partial charge in [-0.15, -0.1) is 0 Å². The number of methoxy groups -OCH3 is 1. The molecule has 1 saturated carbocycles. The number of hydrogen-bond donors (Lipinski definition) is 0. The second kappa shape index (κ2) is 4.02. The molecule has 0 spiro atoms. The summed E-state index contributed by atoms with van der Waals surface area (Å²) < 4.78 is 4.58. The topological polar surface area (TPSA) is 55.7 Å². The Morgan fingerprint density at radius 3 is 2.92 bits per heavy atom. The lowest BCUT2D eigenvalue weighted by Gasteiger charge is -2.10. The molecule has 1 aliphatic rings. The Morgan fingerprint density at radius 2 is 2.33 bits per heavy atom. The highest BCUT2D eigenvalue weighted by molar-refractivity contribution is 5.73. The van der Waals surface area contributed by atoms with Gasteiger partial charge in [0.1, 0.15) is 0 Å². The van der Waals surface area contributed by atoms with Gasteiger partial charge >= 0.3 is 5.97 Å². The number of ether oxygens (including phenoxy) is 1. The molecule has 0 unspecified atom stereocenters. The maximum Gasteiger partial charge on any atom is 0.310 e. The molecule has 4 nitrogen and oxygen atoms in total. The van der Waals surface area contributed by atoms with Crippen molar-refractivity contribution in [3.05, 3.63) is 0 Å². The molecule has 0 heterocycles. The van der Waals surface area contributed by atoms with E-state index in [1.54, 1.807) is 0 Å². The van der Waals surface area contributed by atoms with Crippen molar-refractivity contribution in [2.75, 3.05) is 7.11 Å². The summed E-state index contributed by atoms with van der Waals surface area (Å²) in [4.78, 5) is 24.6. The molecular formula is C8H11NO3. The number of carbonyl (C=O) groups is 1. The molecule has 0 amide bonds. The van der Waals surface area contributed by atoms with Crippen LogP contribution in [0.2, 0.25) is 0 Å². The molecule has 0 aromatic rings. The van der Waals surface area contributed by atoms with Crippen molar-refractivity contribution in [2.24, 2.45) is 10.9 Å². The Labute approximate surface area is 70.6 Å². The predicted octanol–water partition coefficient (Wildman–Crippen LogP) is 0.664. The van der Waals surface area contributed by atoms with Crippen molar-refractivity contribution >= 4 is 12.0 Å². The van der Waals surface area contributed by atoms with Crippen LogP contribution in [0.1, 0.15) is 19.3 Å². The third kappa shape index (κ3) is 1.71. The van der Waals surface area contributed by atoms with E-state index in [0.717, 1.165) is 19.3 Å². The monoisotopic (exact) mass is 169 g/mol. The molecule has 0 aliphatic heterocycles. The van der Waals surface area contributed by atoms with E-state index < -0.39 is 0 Å². The minimum absolute atomic E-state index is 0.199. The molecule has 1 fully saturated rings. The lowest BCUT2D eigenvalue weighted by Crippen LogP contribution is -2.22. The standard InChI is InChI=1S/C8H11NO3/c1-12-8(11)6-3-2-4-7(6)9-5-10/h6-7H,2-4H2,1H3/t6-,7+/m1/s1. The summed E-state index contributed by atoms with van der Waals surface area (Å²) in [5, 5.41) is 0. The van der Waals surface area contributed by atoms with Crippen LogP contribution < -0.4 is 0 Å². The van der Waals surface area contributed by atoms with Gasteiger partial charge < -0.3 is 4.74 Å². The van der Waals surface area contributed by atoms with Crippen molar-refractivity contribution < 1.29 is 14.3 Å². The average molecular weight is 169 g/mol. The normalized spacial score (nSPS) is 27.8. The van der Waals surface area contributed by atoms with Crippen LogP contribution in [-0.4, -0.2) is 25.2 Å². The van der Waals surface area contributed by atoms with E-state index in [1.165, 1.54) is 13.2 Å². The van der Waals surface area contributed by atoms with Crippen LogP contribution in [0.25, 0.3) is 0 Å². The number of nitrogens with zero attached hydrogens (tertiary/aromatic N) is 1.